The number of rotatable bonds is 5. The average Bonchev–Trinajstić information content (AvgIpc) is 2.89. The molecule has 25 heavy (non-hydrogen) atoms. The van der Waals surface area contributed by atoms with Crippen molar-refractivity contribution in [1.29, 1.82) is 0 Å². The highest BCUT2D eigenvalue weighted by Crippen LogP contribution is 2.37. The van der Waals surface area contributed by atoms with Gasteiger partial charge in [0.15, 0.2) is 5.69 Å². The van der Waals surface area contributed by atoms with E-state index in [0.29, 0.717) is 23.2 Å². The Hall–Kier alpha value is -2.60. The van der Waals surface area contributed by atoms with E-state index in [2.05, 4.69) is 21.4 Å². The summed E-state index contributed by atoms with van der Waals surface area (Å²) in [4.78, 5) is 0. The second-order valence-corrected chi connectivity index (χ2v) is 6.22. The summed E-state index contributed by atoms with van der Waals surface area (Å²) in [5.41, 5.74) is 2.05. The number of aromatic nitrogens is 2. The van der Waals surface area contributed by atoms with Crippen molar-refractivity contribution in [3.8, 4) is 11.6 Å². The number of azo groups is 1. The number of alkyl halides is 1. The lowest BCUT2D eigenvalue weighted by atomic mass is 9.96. The van der Waals surface area contributed by atoms with E-state index in [4.69, 9.17) is 11.6 Å². The second-order valence-electron chi connectivity index (χ2n) is 5.84. The first kappa shape index (κ1) is 17.2. The smallest absolute Gasteiger partial charge is 0.242 e. The molecule has 0 fully saturated rings. The molecule has 0 aliphatic heterocycles. The standard InChI is InChI=1S/C18H19ClN4O2/c1-12-17(21-20-15-7-2-3-8-16(15)24)18(25)23(22-12)14-6-4-5-13(11-14)9-10-19/h2-8,13,24-25H,9-11H2,1H3/t13-/m1/s1. The number of phenolic OH excluding ortho intramolecular Hbond substituents is 1. The van der Waals surface area contributed by atoms with Crippen LogP contribution in [0, 0.1) is 12.8 Å². The van der Waals surface area contributed by atoms with Crippen LogP contribution < -0.4 is 0 Å². The van der Waals surface area contributed by atoms with Gasteiger partial charge in [-0.05, 0) is 43.9 Å². The van der Waals surface area contributed by atoms with Gasteiger partial charge in [-0.1, -0.05) is 24.3 Å². The van der Waals surface area contributed by atoms with Gasteiger partial charge >= 0.3 is 0 Å². The number of hydrogen-bond donors (Lipinski definition) is 2. The number of benzene rings is 1. The number of aryl methyl sites for hydroxylation is 1. The molecule has 7 heteroatoms. The maximum absolute atomic E-state index is 10.5. The third-order valence-electron chi connectivity index (χ3n) is 4.04. The molecule has 6 nitrogen and oxygen atoms in total. The van der Waals surface area contributed by atoms with E-state index in [9.17, 15) is 10.2 Å². The van der Waals surface area contributed by atoms with Crippen LogP contribution in [0.15, 0.2) is 52.7 Å². The highest BCUT2D eigenvalue weighted by Gasteiger charge is 2.20. The molecule has 0 bridgehead atoms. The molecule has 1 heterocycles. The summed E-state index contributed by atoms with van der Waals surface area (Å²) in [7, 11) is 0. The molecule has 2 aromatic rings. The van der Waals surface area contributed by atoms with E-state index in [-0.39, 0.29) is 17.3 Å². The van der Waals surface area contributed by atoms with Gasteiger partial charge in [-0.15, -0.1) is 21.8 Å². The minimum atomic E-state index is -0.0668. The topological polar surface area (TPSA) is 83.0 Å². The molecule has 0 spiro atoms. The summed E-state index contributed by atoms with van der Waals surface area (Å²) in [6.07, 6.45) is 7.60. The lowest BCUT2D eigenvalue weighted by Crippen LogP contribution is -2.08. The van der Waals surface area contributed by atoms with Crippen LogP contribution in [0.5, 0.6) is 11.6 Å². The normalized spacial score (nSPS) is 17.2. The first-order valence-electron chi connectivity index (χ1n) is 8.02. The van der Waals surface area contributed by atoms with Gasteiger partial charge in [-0.3, -0.25) is 0 Å². The zero-order chi connectivity index (χ0) is 17.8. The first-order valence-corrected chi connectivity index (χ1v) is 8.55. The molecule has 3 rings (SSSR count). The van der Waals surface area contributed by atoms with Crippen molar-refractivity contribution in [2.24, 2.45) is 16.1 Å². The Morgan fingerprint density at radius 2 is 2.08 bits per heavy atom. The van der Waals surface area contributed by atoms with Crippen LogP contribution >= 0.6 is 11.6 Å². The molecule has 130 valence electrons. The first-order chi connectivity index (χ1) is 12.1. The molecule has 0 saturated heterocycles. The maximum Gasteiger partial charge on any atom is 0.242 e. The Kier molecular flexibility index (Phi) is 5.19. The fraction of sp³-hybridized carbons (Fsp3) is 0.278. The third-order valence-corrected chi connectivity index (χ3v) is 4.26. The second kappa shape index (κ2) is 7.53. The number of halogens is 1. The lowest BCUT2D eigenvalue weighted by Gasteiger charge is -2.17. The number of allylic oxidation sites excluding steroid dienone is 4. The van der Waals surface area contributed by atoms with E-state index >= 15 is 0 Å². The minimum Gasteiger partial charge on any atom is -0.506 e. The van der Waals surface area contributed by atoms with Gasteiger partial charge in [0.25, 0.3) is 0 Å². The third kappa shape index (κ3) is 3.74. The summed E-state index contributed by atoms with van der Waals surface area (Å²) in [6, 6.07) is 6.62. The van der Waals surface area contributed by atoms with Crippen LogP contribution in [0.4, 0.5) is 11.4 Å². The number of para-hydroxylation sites is 1. The molecule has 0 unspecified atom stereocenters. The van der Waals surface area contributed by atoms with Crippen LogP contribution in [0.2, 0.25) is 0 Å². The van der Waals surface area contributed by atoms with Gasteiger partial charge in [0.2, 0.25) is 5.88 Å². The zero-order valence-electron chi connectivity index (χ0n) is 13.8. The van der Waals surface area contributed by atoms with Crippen molar-refractivity contribution in [2.45, 2.75) is 19.8 Å². The monoisotopic (exact) mass is 358 g/mol. The van der Waals surface area contributed by atoms with Crippen molar-refractivity contribution in [3.05, 3.63) is 48.2 Å². The van der Waals surface area contributed by atoms with E-state index < -0.39 is 0 Å². The van der Waals surface area contributed by atoms with Crippen LogP contribution in [-0.4, -0.2) is 25.9 Å². The van der Waals surface area contributed by atoms with Crippen molar-refractivity contribution in [3.63, 3.8) is 0 Å². The van der Waals surface area contributed by atoms with Crippen LogP contribution in [0.25, 0.3) is 5.70 Å². The number of nitrogens with zero attached hydrogens (tertiary/aromatic N) is 4. The van der Waals surface area contributed by atoms with Crippen molar-refractivity contribution < 1.29 is 10.2 Å². The van der Waals surface area contributed by atoms with Gasteiger partial charge in [0.05, 0.1) is 5.69 Å². The highest BCUT2D eigenvalue weighted by molar-refractivity contribution is 6.17. The summed E-state index contributed by atoms with van der Waals surface area (Å²) >= 11 is 5.83. The molecule has 1 aliphatic carbocycles. The predicted molar refractivity (Wildman–Crippen MR) is 97.8 cm³/mol. The minimum absolute atomic E-state index is 0.0276. The molecule has 0 saturated carbocycles. The Balaban J connectivity index is 1.88. The van der Waals surface area contributed by atoms with E-state index in [1.807, 2.05) is 12.2 Å². The van der Waals surface area contributed by atoms with Gasteiger partial charge in [-0.2, -0.15) is 5.10 Å². The molecular formula is C18H19ClN4O2. The molecule has 0 amide bonds. The lowest BCUT2D eigenvalue weighted by molar-refractivity contribution is 0.432. The van der Waals surface area contributed by atoms with Gasteiger partial charge in [-0.25, -0.2) is 4.68 Å². The highest BCUT2D eigenvalue weighted by atomic mass is 35.5. The summed E-state index contributed by atoms with van der Waals surface area (Å²) in [5.74, 6) is 0.877. The molecule has 1 aromatic carbocycles. The number of phenols is 1. The fourth-order valence-electron chi connectivity index (χ4n) is 2.70. The van der Waals surface area contributed by atoms with E-state index in [1.165, 1.54) is 10.7 Å². The summed E-state index contributed by atoms with van der Waals surface area (Å²) in [5, 5.41) is 32.7. The molecule has 1 atom stereocenters. The van der Waals surface area contributed by atoms with Crippen LogP contribution in [0.3, 0.4) is 0 Å². The van der Waals surface area contributed by atoms with Crippen molar-refractivity contribution in [1.82, 2.24) is 9.78 Å². The summed E-state index contributed by atoms with van der Waals surface area (Å²) < 4.78 is 1.49. The SMILES string of the molecule is Cc1nn(C2=CC=C[C@H](CCCl)C2)c(O)c1N=Nc1ccccc1O. The van der Waals surface area contributed by atoms with E-state index in [0.717, 1.165) is 18.5 Å². The maximum atomic E-state index is 10.5. The van der Waals surface area contributed by atoms with Gasteiger partial charge in [0, 0.05) is 11.6 Å². The molecular weight excluding hydrogens is 340 g/mol. The van der Waals surface area contributed by atoms with E-state index in [1.54, 1.807) is 25.1 Å². The molecule has 1 aromatic heterocycles. The Bertz CT molecular complexity index is 855. The van der Waals surface area contributed by atoms with Gasteiger partial charge in [0.1, 0.15) is 11.4 Å². The Morgan fingerprint density at radius 3 is 2.84 bits per heavy atom. The predicted octanol–water partition coefficient (Wildman–Crippen LogP) is 5.06. The Labute approximate surface area is 150 Å². The summed E-state index contributed by atoms with van der Waals surface area (Å²) in [6.45, 7) is 1.75. The van der Waals surface area contributed by atoms with Crippen LogP contribution in [0.1, 0.15) is 18.5 Å². The van der Waals surface area contributed by atoms with Crippen LogP contribution in [-0.2, 0) is 0 Å². The molecule has 0 radical (unpaired) electrons. The zero-order valence-corrected chi connectivity index (χ0v) is 14.6. The van der Waals surface area contributed by atoms with Crippen molar-refractivity contribution >= 4 is 28.7 Å². The Morgan fingerprint density at radius 1 is 1.28 bits per heavy atom. The largest absolute Gasteiger partial charge is 0.506 e. The van der Waals surface area contributed by atoms with Gasteiger partial charge < -0.3 is 10.2 Å². The van der Waals surface area contributed by atoms with Crippen molar-refractivity contribution in [2.75, 3.05) is 5.88 Å². The molecule has 2 N–H and O–H groups in total. The quantitative estimate of drug-likeness (QED) is 0.578. The number of aromatic hydroxyl groups is 2. The number of hydrogen-bond acceptors (Lipinski definition) is 5. The fourth-order valence-corrected chi connectivity index (χ4v) is 2.98. The average molecular weight is 359 g/mol. The molecule has 1 aliphatic rings.